The van der Waals surface area contributed by atoms with Crippen LogP contribution in [0.1, 0.15) is 11.1 Å². The van der Waals surface area contributed by atoms with Gasteiger partial charge in [-0.2, -0.15) is 0 Å². The molecular formula is C12H13NS. The molecule has 1 heterocycles. The van der Waals surface area contributed by atoms with Crippen molar-refractivity contribution in [1.29, 1.82) is 0 Å². The molecule has 2 rings (SSSR count). The van der Waals surface area contributed by atoms with Crippen molar-refractivity contribution in [3.63, 3.8) is 0 Å². The highest BCUT2D eigenvalue weighted by atomic mass is 32.1. The Bertz CT molecular complexity index is 457. The molecule has 0 saturated heterocycles. The summed E-state index contributed by atoms with van der Waals surface area (Å²) >= 11 is 1.64. The highest BCUT2D eigenvalue weighted by Gasteiger charge is 2.03. The third kappa shape index (κ3) is 1.66. The fourth-order valence-corrected chi connectivity index (χ4v) is 2.45. The maximum Gasteiger partial charge on any atom is 0.0862 e. The lowest BCUT2D eigenvalue weighted by molar-refractivity contribution is 1.39. The van der Waals surface area contributed by atoms with Gasteiger partial charge in [0.15, 0.2) is 0 Å². The SMILES string of the molecule is Cc1ccc(-c2ccc(N)s2)c(C)c1. The van der Waals surface area contributed by atoms with Crippen LogP contribution >= 0.6 is 11.3 Å². The van der Waals surface area contributed by atoms with Crippen molar-refractivity contribution in [2.75, 3.05) is 5.73 Å². The zero-order chi connectivity index (χ0) is 10.1. The fraction of sp³-hybridized carbons (Fsp3) is 0.167. The predicted molar refractivity (Wildman–Crippen MR) is 63.6 cm³/mol. The fourth-order valence-electron chi connectivity index (χ4n) is 1.59. The number of thiophene rings is 1. The number of hydrogen-bond donors (Lipinski definition) is 1. The molecule has 1 aromatic heterocycles. The van der Waals surface area contributed by atoms with Crippen molar-refractivity contribution < 1.29 is 0 Å². The molecule has 1 aromatic carbocycles. The van der Waals surface area contributed by atoms with Gasteiger partial charge in [0.2, 0.25) is 0 Å². The Balaban J connectivity index is 2.52. The van der Waals surface area contributed by atoms with Crippen LogP contribution in [-0.4, -0.2) is 0 Å². The molecule has 0 saturated carbocycles. The lowest BCUT2D eigenvalue weighted by atomic mass is 10.0. The molecule has 1 nitrogen and oxygen atoms in total. The summed E-state index contributed by atoms with van der Waals surface area (Å²) in [5.41, 5.74) is 9.62. The maximum absolute atomic E-state index is 5.71. The van der Waals surface area contributed by atoms with E-state index in [1.165, 1.54) is 21.6 Å². The van der Waals surface area contributed by atoms with Gasteiger partial charge in [0.1, 0.15) is 0 Å². The molecular weight excluding hydrogens is 190 g/mol. The molecule has 0 amide bonds. The van der Waals surface area contributed by atoms with Gasteiger partial charge < -0.3 is 5.73 Å². The van der Waals surface area contributed by atoms with E-state index in [2.05, 4.69) is 38.1 Å². The average molecular weight is 203 g/mol. The average Bonchev–Trinajstić information content (AvgIpc) is 2.51. The minimum atomic E-state index is 0.875. The van der Waals surface area contributed by atoms with E-state index in [-0.39, 0.29) is 0 Å². The second-order valence-electron chi connectivity index (χ2n) is 3.52. The molecule has 0 spiro atoms. The Morgan fingerprint density at radius 1 is 1.07 bits per heavy atom. The van der Waals surface area contributed by atoms with Crippen LogP contribution < -0.4 is 5.73 Å². The van der Waals surface area contributed by atoms with Gasteiger partial charge in [-0.25, -0.2) is 0 Å². The van der Waals surface area contributed by atoms with Gasteiger partial charge in [0.25, 0.3) is 0 Å². The topological polar surface area (TPSA) is 26.0 Å². The van der Waals surface area contributed by atoms with Gasteiger partial charge in [-0.1, -0.05) is 23.8 Å². The van der Waals surface area contributed by atoms with E-state index in [0.717, 1.165) is 5.00 Å². The molecule has 14 heavy (non-hydrogen) atoms. The van der Waals surface area contributed by atoms with Crippen molar-refractivity contribution in [2.24, 2.45) is 0 Å². The molecule has 0 atom stereocenters. The first-order valence-corrected chi connectivity index (χ1v) is 5.41. The van der Waals surface area contributed by atoms with Crippen LogP contribution in [0.5, 0.6) is 0 Å². The number of aryl methyl sites for hydroxylation is 2. The van der Waals surface area contributed by atoms with Crippen LogP contribution in [0.2, 0.25) is 0 Å². The van der Waals surface area contributed by atoms with E-state index in [0.29, 0.717) is 0 Å². The van der Waals surface area contributed by atoms with Gasteiger partial charge >= 0.3 is 0 Å². The Morgan fingerprint density at radius 3 is 2.43 bits per heavy atom. The van der Waals surface area contributed by atoms with Crippen molar-refractivity contribution in [3.8, 4) is 10.4 Å². The second-order valence-corrected chi connectivity index (χ2v) is 4.64. The van der Waals surface area contributed by atoms with Crippen LogP contribution in [-0.2, 0) is 0 Å². The third-order valence-corrected chi connectivity index (χ3v) is 3.22. The molecule has 0 unspecified atom stereocenters. The lowest BCUT2D eigenvalue weighted by Crippen LogP contribution is -1.81. The largest absolute Gasteiger partial charge is 0.391 e. The summed E-state index contributed by atoms with van der Waals surface area (Å²) in [6.07, 6.45) is 0. The highest BCUT2D eigenvalue weighted by Crippen LogP contribution is 2.31. The Kier molecular flexibility index (Phi) is 2.30. The van der Waals surface area contributed by atoms with Gasteiger partial charge in [0.05, 0.1) is 5.00 Å². The van der Waals surface area contributed by atoms with Crippen LogP contribution in [0, 0.1) is 13.8 Å². The van der Waals surface area contributed by atoms with E-state index in [9.17, 15) is 0 Å². The first kappa shape index (κ1) is 9.28. The summed E-state index contributed by atoms with van der Waals surface area (Å²) < 4.78 is 0. The van der Waals surface area contributed by atoms with Gasteiger partial charge in [0, 0.05) is 4.88 Å². The minimum absolute atomic E-state index is 0.875. The van der Waals surface area contributed by atoms with Crippen molar-refractivity contribution >= 4 is 16.3 Å². The van der Waals surface area contributed by atoms with Crippen molar-refractivity contribution in [2.45, 2.75) is 13.8 Å². The van der Waals surface area contributed by atoms with Crippen molar-refractivity contribution in [3.05, 3.63) is 41.5 Å². The summed E-state index contributed by atoms with van der Waals surface area (Å²) in [5.74, 6) is 0. The molecule has 72 valence electrons. The monoisotopic (exact) mass is 203 g/mol. The molecule has 0 aliphatic heterocycles. The van der Waals surface area contributed by atoms with E-state index < -0.39 is 0 Å². The standard InChI is InChI=1S/C12H13NS/c1-8-3-4-10(9(2)7-8)11-5-6-12(13)14-11/h3-7H,13H2,1-2H3. The summed E-state index contributed by atoms with van der Waals surface area (Å²) in [6, 6.07) is 10.5. The Morgan fingerprint density at radius 2 is 1.86 bits per heavy atom. The number of benzene rings is 1. The maximum atomic E-state index is 5.71. The molecule has 0 radical (unpaired) electrons. The van der Waals surface area contributed by atoms with Gasteiger partial charge in [-0.3, -0.25) is 0 Å². The Labute approximate surface area is 88.2 Å². The van der Waals surface area contributed by atoms with Gasteiger partial charge in [-0.15, -0.1) is 11.3 Å². The summed E-state index contributed by atoms with van der Waals surface area (Å²) in [7, 11) is 0. The molecule has 2 N–H and O–H groups in total. The van der Waals surface area contributed by atoms with E-state index in [1.54, 1.807) is 11.3 Å². The number of rotatable bonds is 1. The summed E-state index contributed by atoms with van der Waals surface area (Å²) in [4.78, 5) is 1.25. The molecule has 0 aliphatic rings. The normalized spacial score (nSPS) is 10.4. The van der Waals surface area contributed by atoms with Gasteiger partial charge in [-0.05, 0) is 37.1 Å². The zero-order valence-electron chi connectivity index (χ0n) is 8.37. The number of anilines is 1. The van der Waals surface area contributed by atoms with E-state index in [1.807, 2.05) is 6.07 Å². The first-order valence-electron chi connectivity index (χ1n) is 4.60. The highest BCUT2D eigenvalue weighted by molar-refractivity contribution is 7.19. The first-order chi connectivity index (χ1) is 6.66. The second kappa shape index (κ2) is 3.46. The van der Waals surface area contributed by atoms with Crippen LogP contribution in [0.4, 0.5) is 5.00 Å². The molecule has 2 heteroatoms. The summed E-state index contributed by atoms with van der Waals surface area (Å²) in [6.45, 7) is 4.25. The summed E-state index contributed by atoms with van der Waals surface area (Å²) in [5, 5.41) is 0.875. The molecule has 0 fully saturated rings. The van der Waals surface area contributed by atoms with Crippen LogP contribution in [0.15, 0.2) is 30.3 Å². The van der Waals surface area contributed by atoms with Crippen LogP contribution in [0.3, 0.4) is 0 Å². The molecule has 0 aliphatic carbocycles. The quantitative estimate of drug-likeness (QED) is 0.752. The smallest absolute Gasteiger partial charge is 0.0862 e. The van der Waals surface area contributed by atoms with E-state index in [4.69, 9.17) is 5.73 Å². The van der Waals surface area contributed by atoms with E-state index >= 15 is 0 Å². The van der Waals surface area contributed by atoms with Crippen molar-refractivity contribution in [1.82, 2.24) is 0 Å². The molecule has 2 aromatic rings. The number of hydrogen-bond acceptors (Lipinski definition) is 2. The molecule has 0 bridgehead atoms. The Hall–Kier alpha value is -1.28. The van der Waals surface area contributed by atoms with Crippen LogP contribution in [0.25, 0.3) is 10.4 Å². The third-order valence-electron chi connectivity index (χ3n) is 2.27. The zero-order valence-corrected chi connectivity index (χ0v) is 9.19. The number of nitrogen functional groups attached to an aromatic ring is 1. The number of nitrogens with two attached hydrogens (primary N) is 1. The minimum Gasteiger partial charge on any atom is -0.391 e. The lowest BCUT2D eigenvalue weighted by Gasteiger charge is -2.03. The predicted octanol–water partition coefficient (Wildman–Crippen LogP) is 3.61.